The van der Waals surface area contributed by atoms with Crippen LogP contribution in [-0.4, -0.2) is 17.0 Å². The highest BCUT2D eigenvalue weighted by atomic mass is 35.5. The van der Waals surface area contributed by atoms with Gasteiger partial charge in [0.25, 0.3) is 5.91 Å². The van der Waals surface area contributed by atoms with Crippen molar-refractivity contribution in [2.75, 3.05) is 0 Å². The fraction of sp³-hybridized carbons (Fsp3) is 0.0909. The quantitative estimate of drug-likeness (QED) is 0.814. The number of hydrogen-bond acceptors (Lipinski definition) is 3. The van der Waals surface area contributed by atoms with Gasteiger partial charge in [-0.1, -0.05) is 17.7 Å². The number of ether oxygens (including phenoxy) is 1. The summed E-state index contributed by atoms with van der Waals surface area (Å²) in [5, 5.41) is 3.29. The number of hydrogen-bond donors (Lipinski definition) is 2. The van der Waals surface area contributed by atoms with E-state index in [-0.39, 0.29) is 0 Å². The summed E-state index contributed by atoms with van der Waals surface area (Å²) < 4.78 is 4.90. The molecule has 1 aliphatic rings. The molecule has 2 amide bonds. The molecule has 0 unspecified atom stereocenters. The van der Waals surface area contributed by atoms with Crippen LogP contribution in [0.25, 0.3) is 10.9 Å². The summed E-state index contributed by atoms with van der Waals surface area (Å²) in [4.78, 5) is 25.5. The molecule has 2 heterocycles. The normalized spacial score (nSPS) is 19.5. The second-order valence-electron chi connectivity index (χ2n) is 3.68. The van der Waals surface area contributed by atoms with Crippen LogP contribution in [0.1, 0.15) is 11.7 Å². The van der Waals surface area contributed by atoms with Crippen LogP contribution in [0, 0.1) is 0 Å². The second-order valence-corrected chi connectivity index (χ2v) is 4.09. The van der Waals surface area contributed by atoms with E-state index in [0.717, 1.165) is 5.52 Å². The third-order valence-corrected chi connectivity index (χ3v) is 2.97. The highest BCUT2D eigenvalue weighted by molar-refractivity contribution is 6.35. The van der Waals surface area contributed by atoms with Crippen LogP contribution in [0.5, 0.6) is 0 Å². The summed E-state index contributed by atoms with van der Waals surface area (Å²) >= 11 is 6.07. The molecule has 2 N–H and O–H groups in total. The molecule has 1 saturated heterocycles. The highest BCUT2D eigenvalue weighted by Gasteiger charge is 2.35. The average molecular weight is 251 g/mol. The fourth-order valence-electron chi connectivity index (χ4n) is 1.93. The zero-order valence-electron chi connectivity index (χ0n) is 8.49. The second kappa shape index (κ2) is 3.49. The Kier molecular flexibility index (Phi) is 2.09. The molecule has 5 nitrogen and oxygen atoms in total. The molecule has 1 aromatic carbocycles. The van der Waals surface area contributed by atoms with Crippen molar-refractivity contribution in [2.24, 2.45) is 0 Å². The van der Waals surface area contributed by atoms with Crippen molar-refractivity contribution in [3.8, 4) is 0 Å². The van der Waals surface area contributed by atoms with E-state index >= 15 is 0 Å². The first-order valence-electron chi connectivity index (χ1n) is 4.94. The number of imide groups is 1. The summed E-state index contributed by atoms with van der Waals surface area (Å²) in [5.41, 5.74) is 1.36. The molecule has 0 aliphatic carbocycles. The first kappa shape index (κ1) is 10.2. The molecule has 17 heavy (non-hydrogen) atoms. The highest BCUT2D eigenvalue weighted by Crippen LogP contribution is 2.33. The molecule has 0 bridgehead atoms. The number of fused-ring (bicyclic) bond motifs is 1. The van der Waals surface area contributed by atoms with Crippen LogP contribution >= 0.6 is 11.6 Å². The Morgan fingerprint density at radius 2 is 2.12 bits per heavy atom. The Balaban J connectivity index is 2.18. The van der Waals surface area contributed by atoms with E-state index in [1.807, 2.05) is 6.07 Å². The van der Waals surface area contributed by atoms with Crippen molar-refractivity contribution in [3.05, 3.63) is 35.0 Å². The third kappa shape index (κ3) is 1.47. The van der Waals surface area contributed by atoms with Gasteiger partial charge in [-0.2, -0.15) is 0 Å². The van der Waals surface area contributed by atoms with Crippen LogP contribution in [0.3, 0.4) is 0 Å². The predicted molar refractivity (Wildman–Crippen MR) is 60.7 cm³/mol. The summed E-state index contributed by atoms with van der Waals surface area (Å²) in [6, 6.07) is 5.35. The molecule has 3 rings (SSSR count). The van der Waals surface area contributed by atoms with Gasteiger partial charge in [0.05, 0.1) is 5.02 Å². The maximum absolute atomic E-state index is 11.5. The molecular weight excluding hydrogens is 244 g/mol. The first-order valence-corrected chi connectivity index (χ1v) is 5.31. The largest absolute Gasteiger partial charge is 0.431 e. The van der Waals surface area contributed by atoms with Crippen LogP contribution in [-0.2, 0) is 9.53 Å². The Labute approximate surface area is 101 Å². The van der Waals surface area contributed by atoms with Crippen molar-refractivity contribution < 1.29 is 14.3 Å². The minimum Gasteiger partial charge on any atom is -0.431 e. The molecule has 1 aliphatic heterocycles. The molecule has 1 fully saturated rings. The number of amides is 2. The third-order valence-electron chi connectivity index (χ3n) is 2.66. The number of aromatic amines is 1. The summed E-state index contributed by atoms with van der Waals surface area (Å²) in [6.45, 7) is 0. The zero-order chi connectivity index (χ0) is 12.0. The Morgan fingerprint density at radius 3 is 2.82 bits per heavy atom. The average Bonchev–Trinajstić information content (AvgIpc) is 2.83. The van der Waals surface area contributed by atoms with Crippen LogP contribution < -0.4 is 5.32 Å². The number of rotatable bonds is 1. The van der Waals surface area contributed by atoms with Gasteiger partial charge >= 0.3 is 6.09 Å². The van der Waals surface area contributed by atoms with Gasteiger partial charge in [0.2, 0.25) is 6.10 Å². The predicted octanol–water partition coefficient (Wildman–Crippen LogP) is 2.13. The Morgan fingerprint density at radius 1 is 1.29 bits per heavy atom. The monoisotopic (exact) mass is 250 g/mol. The van der Waals surface area contributed by atoms with Gasteiger partial charge in [-0.3, -0.25) is 10.1 Å². The van der Waals surface area contributed by atoms with Gasteiger partial charge in [-0.05, 0) is 12.1 Å². The number of carbonyl (C=O) groups is 2. The Bertz CT molecular complexity index is 635. The van der Waals surface area contributed by atoms with E-state index in [2.05, 4.69) is 10.3 Å². The smallest absolute Gasteiger partial charge is 0.415 e. The molecule has 86 valence electrons. The molecule has 0 saturated carbocycles. The van der Waals surface area contributed by atoms with E-state index in [0.29, 0.717) is 16.0 Å². The van der Waals surface area contributed by atoms with E-state index in [1.54, 1.807) is 18.3 Å². The number of nitrogens with one attached hydrogen (secondary N) is 2. The lowest BCUT2D eigenvalue weighted by molar-refractivity contribution is -0.123. The van der Waals surface area contributed by atoms with Gasteiger partial charge in [-0.15, -0.1) is 0 Å². The first-order chi connectivity index (χ1) is 8.16. The van der Waals surface area contributed by atoms with E-state index in [9.17, 15) is 9.59 Å². The van der Waals surface area contributed by atoms with Gasteiger partial charge in [-0.25, -0.2) is 4.79 Å². The fourth-order valence-corrected chi connectivity index (χ4v) is 2.22. The lowest BCUT2D eigenvalue weighted by atomic mass is 10.1. The van der Waals surface area contributed by atoms with Crippen LogP contribution in [0.4, 0.5) is 4.79 Å². The van der Waals surface area contributed by atoms with Crippen LogP contribution in [0.2, 0.25) is 5.02 Å². The number of cyclic esters (lactones) is 1. The lowest BCUT2D eigenvalue weighted by Crippen LogP contribution is -2.20. The topological polar surface area (TPSA) is 71.2 Å². The van der Waals surface area contributed by atoms with E-state index in [4.69, 9.17) is 16.3 Å². The minimum absolute atomic E-state index is 0.476. The summed E-state index contributed by atoms with van der Waals surface area (Å²) in [7, 11) is 0. The number of aromatic nitrogens is 1. The maximum Gasteiger partial charge on any atom is 0.415 e. The van der Waals surface area contributed by atoms with Gasteiger partial charge in [0.15, 0.2) is 0 Å². The van der Waals surface area contributed by atoms with E-state index in [1.165, 1.54) is 0 Å². The SMILES string of the molecule is O=C1NC(=O)[C@@H](c2c[nH]c3cccc(Cl)c23)O1. The number of halogens is 1. The van der Waals surface area contributed by atoms with Crippen LogP contribution in [0.15, 0.2) is 24.4 Å². The van der Waals surface area contributed by atoms with Gasteiger partial charge < -0.3 is 9.72 Å². The molecular formula is C11H7ClN2O3. The summed E-state index contributed by atoms with van der Waals surface area (Å²) in [5.74, 6) is -0.476. The van der Waals surface area contributed by atoms with Gasteiger partial charge in [0.1, 0.15) is 0 Å². The lowest BCUT2D eigenvalue weighted by Gasteiger charge is -2.05. The standard InChI is InChI=1S/C11H7ClN2O3/c12-6-2-1-3-7-8(6)5(4-13-7)9-10(15)14-11(16)17-9/h1-4,9,13H,(H,14,15,16)/t9-/m1/s1. The molecule has 6 heteroatoms. The number of alkyl carbamates (subject to hydrolysis) is 1. The number of carbonyl (C=O) groups excluding carboxylic acids is 2. The van der Waals surface area contributed by atoms with Crippen molar-refractivity contribution in [2.45, 2.75) is 6.10 Å². The molecule has 0 radical (unpaired) electrons. The molecule has 1 aromatic heterocycles. The Hall–Kier alpha value is -2.01. The molecule has 1 atom stereocenters. The summed E-state index contributed by atoms with van der Waals surface area (Å²) in [6.07, 6.45) is -0.0445. The van der Waals surface area contributed by atoms with E-state index < -0.39 is 18.1 Å². The van der Waals surface area contributed by atoms with Crippen molar-refractivity contribution >= 4 is 34.5 Å². The van der Waals surface area contributed by atoms with Gasteiger partial charge in [0, 0.05) is 22.7 Å². The van der Waals surface area contributed by atoms with Crippen molar-refractivity contribution in [1.82, 2.24) is 10.3 Å². The van der Waals surface area contributed by atoms with Crippen molar-refractivity contribution in [1.29, 1.82) is 0 Å². The zero-order valence-corrected chi connectivity index (χ0v) is 9.25. The molecule has 0 spiro atoms. The maximum atomic E-state index is 11.5. The minimum atomic E-state index is -0.934. The number of H-pyrrole nitrogens is 1. The molecule has 2 aromatic rings. The van der Waals surface area contributed by atoms with Crippen molar-refractivity contribution in [3.63, 3.8) is 0 Å². The number of benzene rings is 1.